The van der Waals surface area contributed by atoms with Crippen LogP contribution in [0.5, 0.6) is 0 Å². The molecule has 0 aromatic rings. The molecule has 25 heavy (non-hydrogen) atoms. The summed E-state index contributed by atoms with van der Waals surface area (Å²) < 4.78 is 13.0. The largest absolute Gasteiger partial charge is 0.444 e. The van der Waals surface area contributed by atoms with Gasteiger partial charge < -0.3 is 14.4 Å². The highest BCUT2D eigenvalue weighted by Gasteiger charge is 2.38. The maximum atomic E-state index is 12.5. The van der Waals surface area contributed by atoms with Crippen LogP contribution in [-0.2, 0) is 9.47 Å². The van der Waals surface area contributed by atoms with E-state index in [-0.39, 0.29) is 17.8 Å². The first-order valence-electron chi connectivity index (χ1n) is 9.51. The molecule has 148 valence electrons. The molecule has 0 aliphatic heterocycles. The van der Waals surface area contributed by atoms with Crippen LogP contribution in [0, 0.1) is 11.3 Å². The van der Waals surface area contributed by atoms with Gasteiger partial charge in [-0.2, -0.15) is 0 Å². The van der Waals surface area contributed by atoms with Crippen LogP contribution in [0.3, 0.4) is 0 Å². The molecule has 4 nitrogen and oxygen atoms in total. The average Bonchev–Trinajstić information content (AvgIpc) is 2.40. The summed E-state index contributed by atoms with van der Waals surface area (Å²) in [7, 11) is 0. The van der Waals surface area contributed by atoms with Gasteiger partial charge in [-0.25, -0.2) is 4.79 Å². The third-order valence-electron chi connectivity index (χ3n) is 4.64. The van der Waals surface area contributed by atoms with Crippen LogP contribution in [0.15, 0.2) is 0 Å². The lowest BCUT2D eigenvalue weighted by Crippen LogP contribution is -2.50. The van der Waals surface area contributed by atoms with Crippen molar-refractivity contribution in [3.63, 3.8) is 0 Å². The normalized spacial score (nSPS) is 26.0. The number of likely N-dealkylation sites (N-methyl/N-ethyl adjacent to an activating group) is 1. The Morgan fingerprint density at radius 3 is 2.28 bits per heavy atom. The van der Waals surface area contributed by atoms with Crippen LogP contribution in [-0.4, -0.2) is 45.8 Å². The molecule has 1 saturated carbocycles. The summed E-state index contributed by atoms with van der Waals surface area (Å²) in [5.41, 5.74) is -0.510. The van der Waals surface area contributed by atoms with E-state index in [1.807, 2.05) is 27.7 Å². The minimum atomic E-state index is -0.477. The van der Waals surface area contributed by atoms with E-state index in [4.69, 9.17) is 9.47 Å². The molecule has 1 fully saturated rings. The first-order valence-corrected chi connectivity index (χ1v) is 11.0. The van der Waals surface area contributed by atoms with E-state index in [0.717, 1.165) is 17.3 Å². The van der Waals surface area contributed by atoms with Gasteiger partial charge in [-0.3, -0.25) is 0 Å². The van der Waals surface area contributed by atoms with Gasteiger partial charge >= 0.3 is 6.09 Å². The second kappa shape index (κ2) is 8.77. The van der Waals surface area contributed by atoms with Gasteiger partial charge in [0.2, 0.25) is 0 Å². The zero-order valence-electron chi connectivity index (χ0n) is 17.4. The second-order valence-electron chi connectivity index (χ2n) is 9.73. The van der Waals surface area contributed by atoms with Crippen molar-refractivity contribution in [3.8, 4) is 0 Å². The lowest BCUT2D eigenvalue weighted by atomic mass is 9.71. The first-order chi connectivity index (χ1) is 11.3. The average molecular weight is 467 g/mol. The van der Waals surface area contributed by atoms with Crippen LogP contribution < -0.4 is 0 Å². The molecule has 5 heteroatoms. The number of halogens is 1. The maximum absolute atomic E-state index is 12.5. The molecule has 0 spiro atoms. The highest BCUT2D eigenvalue weighted by Crippen LogP contribution is 2.41. The van der Waals surface area contributed by atoms with E-state index in [1.54, 1.807) is 4.90 Å². The zero-order chi connectivity index (χ0) is 19.5. The highest BCUT2D eigenvalue weighted by atomic mass is 127. The molecule has 0 heterocycles. The van der Waals surface area contributed by atoms with Crippen LogP contribution in [0.1, 0.15) is 74.7 Å². The molecule has 3 atom stereocenters. The fourth-order valence-electron chi connectivity index (χ4n) is 3.90. The van der Waals surface area contributed by atoms with E-state index >= 15 is 0 Å². The van der Waals surface area contributed by atoms with E-state index < -0.39 is 5.60 Å². The Bertz CT molecular complexity index is 447. The molecule has 1 aliphatic carbocycles. The molecule has 3 unspecified atom stereocenters. The van der Waals surface area contributed by atoms with Crippen molar-refractivity contribution in [1.29, 1.82) is 0 Å². The molecular weight excluding hydrogens is 429 g/mol. The Hall–Kier alpha value is -0.0400. The standard InChI is InChI=1S/C20H38INO3/c1-9-22(17(23)25-18(3,4)5)14-20(8,13-21)24-16-10-15(2)11-19(6,7)12-16/h15-16H,9-14H2,1-8H3. The van der Waals surface area contributed by atoms with Crippen molar-refractivity contribution in [3.05, 3.63) is 0 Å². The quantitative estimate of drug-likeness (QED) is 0.373. The number of alkyl halides is 1. The number of hydrogen-bond acceptors (Lipinski definition) is 3. The molecule has 1 rings (SSSR count). The Kier molecular flexibility index (Phi) is 8.06. The van der Waals surface area contributed by atoms with Crippen LogP contribution >= 0.6 is 22.6 Å². The van der Waals surface area contributed by atoms with Crippen molar-refractivity contribution < 1.29 is 14.3 Å². The van der Waals surface area contributed by atoms with Crippen LogP contribution in [0.25, 0.3) is 0 Å². The Labute approximate surface area is 168 Å². The molecule has 0 aromatic heterocycles. The van der Waals surface area contributed by atoms with Gasteiger partial charge in [0.15, 0.2) is 0 Å². The number of hydrogen-bond donors (Lipinski definition) is 0. The number of nitrogens with zero attached hydrogens (tertiary/aromatic N) is 1. The molecule has 0 radical (unpaired) electrons. The summed E-state index contributed by atoms with van der Waals surface area (Å²) in [6, 6.07) is 0. The summed E-state index contributed by atoms with van der Waals surface area (Å²) in [5, 5.41) is 0. The minimum Gasteiger partial charge on any atom is -0.444 e. The number of rotatable bonds is 6. The SMILES string of the molecule is CCN(CC(C)(CI)OC1CC(C)CC(C)(C)C1)C(=O)OC(C)(C)C. The molecule has 0 saturated heterocycles. The van der Waals surface area contributed by atoms with Gasteiger partial charge in [0.25, 0.3) is 0 Å². The predicted molar refractivity (Wildman–Crippen MR) is 112 cm³/mol. The van der Waals surface area contributed by atoms with Gasteiger partial charge in [-0.05, 0) is 65.2 Å². The topological polar surface area (TPSA) is 38.8 Å². The third-order valence-corrected chi connectivity index (χ3v) is 6.25. The van der Waals surface area contributed by atoms with Gasteiger partial charge in [-0.1, -0.05) is 43.4 Å². The van der Waals surface area contributed by atoms with Crippen molar-refractivity contribution in [2.45, 2.75) is 92.0 Å². The molecule has 1 aliphatic rings. The Balaban J connectivity index is 2.78. The van der Waals surface area contributed by atoms with Gasteiger partial charge in [-0.15, -0.1) is 0 Å². The van der Waals surface area contributed by atoms with Crippen molar-refractivity contribution in [2.75, 3.05) is 17.5 Å². The molecule has 0 bridgehead atoms. The molecule has 0 aromatic carbocycles. The lowest BCUT2D eigenvalue weighted by Gasteiger charge is -2.43. The van der Waals surface area contributed by atoms with E-state index in [9.17, 15) is 4.79 Å². The van der Waals surface area contributed by atoms with E-state index in [0.29, 0.717) is 24.4 Å². The highest BCUT2D eigenvalue weighted by molar-refractivity contribution is 14.1. The lowest BCUT2D eigenvalue weighted by molar-refractivity contribution is -0.115. The minimum absolute atomic E-state index is 0.257. The number of carbonyl (C=O) groups excluding carboxylic acids is 1. The number of carbonyl (C=O) groups is 1. The van der Waals surface area contributed by atoms with Gasteiger partial charge in [0.1, 0.15) is 5.60 Å². The zero-order valence-corrected chi connectivity index (χ0v) is 19.6. The summed E-state index contributed by atoms with van der Waals surface area (Å²) in [5.74, 6) is 0.681. The summed E-state index contributed by atoms with van der Waals surface area (Å²) in [6.45, 7) is 18.0. The summed E-state index contributed by atoms with van der Waals surface area (Å²) in [6.07, 6.45) is 3.45. The van der Waals surface area contributed by atoms with Crippen molar-refractivity contribution in [1.82, 2.24) is 4.90 Å². The third kappa shape index (κ3) is 8.02. The fraction of sp³-hybridized carbons (Fsp3) is 0.950. The molecular formula is C20H38INO3. The number of amides is 1. The van der Waals surface area contributed by atoms with Crippen molar-refractivity contribution >= 4 is 28.7 Å². The van der Waals surface area contributed by atoms with Gasteiger partial charge in [0.05, 0.1) is 18.2 Å². The maximum Gasteiger partial charge on any atom is 0.410 e. The smallest absolute Gasteiger partial charge is 0.410 e. The second-order valence-corrected chi connectivity index (χ2v) is 10.5. The monoisotopic (exact) mass is 467 g/mol. The van der Waals surface area contributed by atoms with E-state index in [1.165, 1.54) is 6.42 Å². The Morgan fingerprint density at radius 1 is 1.24 bits per heavy atom. The Morgan fingerprint density at radius 2 is 1.84 bits per heavy atom. The van der Waals surface area contributed by atoms with E-state index in [2.05, 4.69) is 50.3 Å². The fourth-order valence-corrected chi connectivity index (χ4v) is 4.32. The van der Waals surface area contributed by atoms with Crippen LogP contribution in [0.2, 0.25) is 0 Å². The summed E-state index contributed by atoms with van der Waals surface area (Å²) in [4.78, 5) is 14.2. The van der Waals surface area contributed by atoms with Crippen LogP contribution in [0.4, 0.5) is 4.79 Å². The molecule has 1 amide bonds. The summed E-state index contributed by atoms with van der Waals surface area (Å²) >= 11 is 2.37. The predicted octanol–water partition coefficient (Wildman–Crippen LogP) is 5.67. The molecule has 0 N–H and O–H groups in total. The number of ether oxygens (including phenoxy) is 2. The first kappa shape index (κ1) is 23.0. The van der Waals surface area contributed by atoms with Gasteiger partial charge in [0, 0.05) is 11.0 Å². The van der Waals surface area contributed by atoms with Crippen molar-refractivity contribution in [2.24, 2.45) is 11.3 Å².